The summed E-state index contributed by atoms with van der Waals surface area (Å²) in [5.74, 6) is 0.0114. The van der Waals surface area contributed by atoms with Crippen molar-refractivity contribution in [1.82, 2.24) is 15.5 Å². The van der Waals surface area contributed by atoms with E-state index >= 15 is 0 Å². The number of aromatic nitrogens is 2. The first kappa shape index (κ1) is 14.3. The number of nitrogens with zero attached hydrogens (tertiary/aromatic N) is 1. The van der Waals surface area contributed by atoms with Crippen molar-refractivity contribution in [3.05, 3.63) is 38.8 Å². The van der Waals surface area contributed by atoms with Gasteiger partial charge in [0.2, 0.25) is 0 Å². The Balaban J connectivity index is 1.62. The van der Waals surface area contributed by atoms with Crippen LogP contribution in [-0.4, -0.2) is 23.2 Å². The predicted octanol–water partition coefficient (Wildman–Crippen LogP) is 2.43. The fourth-order valence-corrected chi connectivity index (χ4v) is 3.80. The molecular formula is C15H19N3O2S. The molecule has 2 aromatic heterocycles. The molecule has 5 nitrogen and oxygen atoms in total. The molecule has 2 aromatic rings. The van der Waals surface area contributed by atoms with Crippen LogP contribution in [0.1, 0.15) is 45.0 Å². The number of aromatic amines is 1. The molecule has 6 heteroatoms. The van der Waals surface area contributed by atoms with E-state index in [2.05, 4.69) is 15.5 Å². The number of thiophene rings is 1. The average molecular weight is 305 g/mol. The number of ether oxygens (including phenoxy) is 1. The highest BCUT2D eigenvalue weighted by Crippen LogP contribution is 2.30. The Morgan fingerprint density at radius 3 is 3.19 bits per heavy atom. The van der Waals surface area contributed by atoms with Crippen molar-refractivity contribution in [1.29, 1.82) is 0 Å². The number of H-pyrrole nitrogens is 1. The van der Waals surface area contributed by atoms with Crippen LogP contribution >= 0.6 is 11.3 Å². The Labute approximate surface area is 127 Å². The Kier molecular flexibility index (Phi) is 4.36. The minimum absolute atomic E-state index is 0.0114. The monoisotopic (exact) mass is 305 g/mol. The molecule has 0 radical (unpaired) electrons. The summed E-state index contributed by atoms with van der Waals surface area (Å²) in [6.07, 6.45) is 4.58. The minimum Gasteiger partial charge on any atom is -0.378 e. The van der Waals surface area contributed by atoms with Crippen molar-refractivity contribution < 1.29 is 9.53 Å². The van der Waals surface area contributed by atoms with Crippen LogP contribution in [-0.2, 0) is 30.7 Å². The number of amides is 1. The third-order valence-corrected chi connectivity index (χ3v) is 4.81. The largest absolute Gasteiger partial charge is 0.378 e. The van der Waals surface area contributed by atoms with Gasteiger partial charge in [-0.1, -0.05) is 0 Å². The molecule has 1 amide bonds. The van der Waals surface area contributed by atoms with Crippen LogP contribution in [0.2, 0.25) is 0 Å². The molecular weight excluding hydrogens is 286 g/mol. The topological polar surface area (TPSA) is 67.0 Å². The zero-order chi connectivity index (χ0) is 14.7. The third kappa shape index (κ3) is 3.16. The first-order valence-corrected chi connectivity index (χ1v) is 8.05. The summed E-state index contributed by atoms with van der Waals surface area (Å²) in [6, 6.07) is 1.91. The Morgan fingerprint density at radius 2 is 2.33 bits per heavy atom. The van der Waals surface area contributed by atoms with Gasteiger partial charge in [-0.15, -0.1) is 11.3 Å². The van der Waals surface area contributed by atoms with Crippen molar-refractivity contribution in [2.75, 3.05) is 7.11 Å². The molecule has 0 saturated heterocycles. The molecule has 0 spiro atoms. The quantitative estimate of drug-likeness (QED) is 0.891. The van der Waals surface area contributed by atoms with E-state index in [0.29, 0.717) is 13.2 Å². The van der Waals surface area contributed by atoms with E-state index in [0.717, 1.165) is 29.8 Å². The molecule has 0 unspecified atom stereocenters. The van der Waals surface area contributed by atoms with E-state index in [-0.39, 0.29) is 5.91 Å². The number of fused-ring (bicyclic) bond motifs is 1. The maximum absolute atomic E-state index is 12.3. The van der Waals surface area contributed by atoms with Gasteiger partial charge in [-0.2, -0.15) is 5.10 Å². The van der Waals surface area contributed by atoms with Crippen LogP contribution in [0.3, 0.4) is 0 Å². The van der Waals surface area contributed by atoms with Gasteiger partial charge in [-0.3, -0.25) is 9.89 Å². The maximum atomic E-state index is 12.3. The van der Waals surface area contributed by atoms with Crippen molar-refractivity contribution in [2.45, 2.75) is 38.8 Å². The third-order valence-electron chi connectivity index (χ3n) is 3.72. The molecule has 0 aliphatic heterocycles. The highest BCUT2D eigenvalue weighted by atomic mass is 32.1. The van der Waals surface area contributed by atoms with Crippen LogP contribution in [0, 0.1) is 0 Å². The number of aryl methyl sites for hydroxylation is 1. The number of carbonyl (C=O) groups is 1. The second-order valence-corrected chi connectivity index (χ2v) is 6.22. The van der Waals surface area contributed by atoms with Crippen LogP contribution in [0.15, 0.2) is 11.4 Å². The van der Waals surface area contributed by atoms with Gasteiger partial charge < -0.3 is 10.1 Å². The average Bonchev–Trinajstić information content (AvgIpc) is 3.12. The van der Waals surface area contributed by atoms with E-state index in [4.69, 9.17) is 4.74 Å². The van der Waals surface area contributed by atoms with Gasteiger partial charge in [0.15, 0.2) is 0 Å². The van der Waals surface area contributed by atoms with Gasteiger partial charge >= 0.3 is 0 Å². The summed E-state index contributed by atoms with van der Waals surface area (Å²) in [7, 11) is 1.63. The molecule has 3 rings (SSSR count). The summed E-state index contributed by atoms with van der Waals surface area (Å²) < 4.78 is 5.02. The molecule has 0 fully saturated rings. The number of methoxy groups -OCH3 is 1. The first-order valence-electron chi connectivity index (χ1n) is 7.17. The van der Waals surface area contributed by atoms with Gasteiger partial charge in [0.05, 0.1) is 30.1 Å². The Morgan fingerprint density at radius 1 is 1.48 bits per heavy atom. The lowest BCUT2D eigenvalue weighted by Gasteiger charge is -2.12. The lowest BCUT2D eigenvalue weighted by atomic mass is 9.96. The standard InChI is InChI=1S/C15H19N3O2S/c1-20-8-11-6-10(17-18-11)7-16-15(19)13-9-21-14-5-3-2-4-12(13)14/h6,9H,2-5,7-8H2,1H3,(H,16,19)(H,17,18). The van der Waals surface area contributed by atoms with E-state index in [1.54, 1.807) is 18.4 Å². The van der Waals surface area contributed by atoms with Crippen molar-refractivity contribution in [3.8, 4) is 0 Å². The fourth-order valence-electron chi connectivity index (χ4n) is 2.68. The molecule has 2 N–H and O–H groups in total. The van der Waals surface area contributed by atoms with Gasteiger partial charge in [0.1, 0.15) is 0 Å². The molecule has 2 heterocycles. The van der Waals surface area contributed by atoms with E-state index in [1.165, 1.54) is 23.3 Å². The first-order chi connectivity index (χ1) is 10.3. The van der Waals surface area contributed by atoms with Crippen LogP contribution in [0.25, 0.3) is 0 Å². The summed E-state index contributed by atoms with van der Waals surface area (Å²) in [4.78, 5) is 13.7. The van der Waals surface area contributed by atoms with E-state index in [9.17, 15) is 4.79 Å². The maximum Gasteiger partial charge on any atom is 0.252 e. The van der Waals surface area contributed by atoms with Crippen molar-refractivity contribution in [3.63, 3.8) is 0 Å². The normalized spacial score (nSPS) is 14.0. The van der Waals surface area contributed by atoms with Crippen molar-refractivity contribution in [2.24, 2.45) is 0 Å². The molecule has 0 atom stereocenters. The summed E-state index contributed by atoms with van der Waals surface area (Å²) in [5.41, 5.74) is 3.84. The number of nitrogens with one attached hydrogen (secondary N) is 2. The molecule has 0 saturated carbocycles. The second-order valence-electron chi connectivity index (χ2n) is 5.26. The molecule has 112 valence electrons. The molecule has 21 heavy (non-hydrogen) atoms. The van der Waals surface area contributed by atoms with E-state index in [1.807, 2.05) is 11.4 Å². The Bertz CT molecular complexity index is 633. The van der Waals surface area contributed by atoms with Gasteiger partial charge in [-0.25, -0.2) is 0 Å². The SMILES string of the molecule is COCc1cc(CNC(=O)c2csc3c2CCCC3)[nH]n1. The van der Waals surface area contributed by atoms with Crippen LogP contribution in [0.4, 0.5) is 0 Å². The van der Waals surface area contributed by atoms with Gasteiger partial charge in [0.25, 0.3) is 5.91 Å². The summed E-state index contributed by atoms with van der Waals surface area (Å²) in [5, 5.41) is 12.0. The van der Waals surface area contributed by atoms with Gasteiger partial charge in [-0.05, 0) is 37.3 Å². The number of carbonyl (C=O) groups excluding carboxylic acids is 1. The molecule has 1 aliphatic carbocycles. The highest BCUT2D eigenvalue weighted by molar-refractivity contribution is 7.10. The molecule has 1 aliphatic rings. The minimum atomic E-state index is 0.0114. The van der Waals surface area contributed by atoms with Gasteiger partial charge in [0, 0.05) is 17.4 Å². The lowest BCUT2D eigenvalue weighted by molar-refractivity contribution is 0.0949. The molecule has 0 aromatic carbocycles. The smallest absolute Gasteiger partial charge is 0.252 e. The number of hydrogen-bond donors (Lipinski definition) is 2. The van der Waals surface area contributed by atoms with E-state index < -0.39 is 0 Å². The lowest BCUT2D eigenvalue weighted by Crippen LogP contribution is -2.24. The highest BCUT2D eigenvalue weighted by Gasteiger charge is 2.19. The Hall–Kier alpha value is -1.66. The molecule has 0 bridgehead atoms. The fraction of sp³-hybridized carbons (Fsp3) is 0.467. The second kappa shape index (κ2) is 6.41. The zero-order valence-electron chi connectivity index (χ0n) is 12.1. The number of rotatable bonds is 5. The summed E-state index contributed by atoms with van der Waals surface area (Å²) >= 11 is 1.72. The zero-order valence-corrected chi connectivity index (χ0v) is 12.9. The summed E-state index contributed by atoms with van der Waals surface area (Å²) in [6.45, 7) is 0.933. The number of hydrogen-bond acceptors (Lipinski definition) is 4. The van der Waals surface area contributed by atoms with Crippen LogP contribution in [0.5, 0.6) is 0 Å². The van der Waals surface area contributed by atoms with Crippen LogP contribution < -0.4 is 5.32 Å². The van der Waals surface area contributed by atoms with Crippen molar-refractivity contribution >= 4 is 17.2 Å². The predicted molar refractivity (Wildman–Crippen MR) is 81.4 cm³/mol.